The number of fused-ring (bicyclic) bond motifs is 1. The molecule has 1 atom stereocenters. The predicted molar refractivity (Wildman–Crippen MR) is 115 cm³/mol. The van der Waals surface area contributed by atoms with Crippen LogP contribution >= 0.6 is 23.1 Å². The molecule has 7 nitrogen and oxygen atoms in total. The molecule has 4 N–H and O–H groups in total. The monoisotopic (exact) mass is 427 g/mol. The summed E-state index contributed by atoms with van der Waals surface area (Å²) in [5, 5.41) is 11.0. The number of anilines is 1. The molecule has 2 amide bonds. The first-order valence-corrected chi connectivity index (χ1v) is 11.2. The van der Waals surface area contributed by atoms with Crippen molar-refractivity contribution in [3.05, 3.63) is 46.3 Å². The number of amides is 2. The van der Waals surface area contributed by atoms with Gasteiger partial charge in [-0.25, -0.2) is 4.98 Å². The number of primary amides is 1. The maximum Gasteiger partial charge on any atom is 0.251 e. The minimum absolute atomic E-state index is 0.142. The van der Waals surface area contributed by atoms with Gasteiger partial charge in [0, 0.05) is 10.4 Å². The van der Waals surface area contributed by atoms with E-state index < -0.39 is 5.91 Å². The number of nitrogens with two attached hydrogens (primary N) is 1. The lowest BCUT2D eigenvalue weighted by Gasteiger charge is -2.18. The van der Waals surface area contributed by atoms with Gasteiger partial charge >= 0.3 is 0 Å². The maximum absolute atomic E-state index is 12.5. The van der Waals surface area contributed by atoms with Crippen molar-refractivity contribution in [3.8, 4) is 11.4 Å². The summed E-state index contributed by atoms with van der Waals surface area (Å²) >= 11 is 2.70. The number of hydrogen-bond acceptors (Lipinski definition) is 6. The van der Waals surface area contributed by atoms with Gasteiger partial charge in [0.05, 0.1) is 11.3 Å². The van der Waals surface area contributed by atoms with Gasteiger partial charge in [-0.15, -0.1) is 16.4 Å². The standard InChI is InChI=1S/C20H21N5O2S2/c1-11-7-8-13-14(9-11)29-19(16(13)17(21)27)22-15(26)10-28-20-23-18(24-25-20)12-5-3-2-4-6-12/h2-6,11H,7-10H2,1H3,(H2,21,27)(H,22,26)(H,23,24,25)/t11-/m0/s1. The van der Waals surface area contributed by atoms with Crippen molar-refractivity contribution >= 4 is 39.9 Å². The van der Waals surface area contributed by atoms with Gasteiger partial charge in [0.15, 0.2) is 5.82 Å². The molecule has 150 valence electrons. The van der Waals surface area contributed by atoms with Gasteiger partial charge in [0.2, 0.25) is 11.1 Å². The van der Waals surface area contributed by atoms with E-state index in [1.807, 2.05) is 30.3 Å². The minimum atomic E-state index is -0.485. The number of thioether (sulfide) groups is 1. The fourth-order valence-electron chi connectivity index (χ4n) is 3.43. The Hall–Kier alpha value is -2.65. The number of carbonyl (C=O) groups excluding carboxylic acids is 2. The first-order valence-electron chi connectivity index (χ1n) is 9.36. The van der Waals surface area contributed by atoms with Gasteiger partial charge in [-0.3, -0.25) is 14.7 Å². The highest BCUT2D eigenvalue weighted by Crippen LogP contribution is 2.39. The molecular formula is C20H21N5O2S2. The van der Waals surface area contributed by atoms with E-state index in [9.17, 15) is 9.59 Å². The number of nitrogens with zero attached hydrogens (tertiary/aromatic N) is 2. The van der Waals surface area contributed by atoms with Gasteiger partial charge in [0.25, 0.3) is 5.91 Å². The minimum Gasteiger partial charge on any atom is -0.365 e. The zero-order valence-corrected chi connectivity index (χ0v) is 17.5. The van der Waals surface area contributed by atoms with Crippen LogP contribution in [0.5, 0.6) is 0 Å². The van der Waals surface area contributed by atoms with E-state index in [4.69, 9.17) is 5.73 Å². The Labute approximate surface area is 176 Å². The highest BCUT2D eigenvalue weighted by molar-refractivity contribution is 7.99. The van der Waals surface area contributed by atoms with Crippen LogP contribution in [0.3, 0.4) is 0 Å². The molecule has 0 saturated heterocycles. The lowest BCUT2D eigenvalue weighted by Crippen LogP contribution is -2.20. The van der Waals surface area contributed by atoms with Gasteiger partial charge in [-0.1, -0.05) is 49.0 Å². The number of rotatable bonds is 6. The molecular weight excluding hydrogens is 406 g/mol. The van der Waals surface area contributed by atoms with E-state index >= 15 is 0 Å². The zero-order chi connectivity index (χ0) is 20.4. The fourth-order valence-corrected chi connectivity index (χ4v) is 5.46. The molecule has 1 aliphatic rings. The molecule has 3 aromatic rings. The van der Waals surface area contributed by atoms with Crippen LogP contribution in [0.1, 0.15) is 34.1 Å². The molecule has 2 aromatic heterocycles. The number of carbonyl (C=O) groups is 2. The van der Waals surface area contributed by atoms with Crippen LogP contribution < -0.4 is 11.1 Å². The third kappa shape index (κ3) is 4.35. The summed E-state index contributed by atoms with van der Waals surface area (Å²) in [6.07, 6.45) is 2.78. The number of H-pyrrole nitrogens is 1. The van der Waals surface area contributed by atoms with E-state index in [0.29, 0.717) is 27.5 Å². The summed E-state index contributed by atoms with van der Waals surface area (Å²) < 4.78 is 0. The lowest BCUT2D eigenvalue weighted by atomic mass is 9.88. The number of nitrogens with one attached hydrogen (secondary N) is 2. The first kappa shape index (κ1) is 19.7. The summed E-state index contributed by atoms with van der Waals surface area (Å²) in [5.74, 6) is 0.676. The quantitative estimate of drug-likeness (QED) is 0.521. The molecule has 29 heavy (non-hydrogen) atoms. The Bertz CT molecular complexity index is 1040. The second-order valence-corrected chi connectivity index (χ2v) is 9.14. The van der Waals surface area contributed by atoms with Crippen LogP contribution in [0, 0.1) is 5.92 Å². The molecule has 1 aliphatic carbocycles. The third-order valence-electron chi connectivity index (χ3n) is 4.86. The molecule has 2 heterocycles. The SMILES string of the molecule is C[C@H]1CCc2c(sc(NC(=O)CSc3n[nH]c(-c4ccccc4)n3)c2C(N)=O)C1. The Morgan fingerprint density at radius 2 is 2.14 bits per heavy atom. The van der Waals surface area contributed by atoms with Gasteiger partial charge < -0.3 is 11.1 Å². The summed E-state index contributed by atoms with van der Waals surface area (Å²) in [6, 6.07) is 9.66. The van der Waals surface area contributed by atoms with Crippen LogP contribution in [0.2, 0.25) is 0 Å². The summed E-state index contributed by atoms with van der Waals surface area (Å²) in [7, 11) is 0. The van der Waals surface area contributed by atoms with Crippen molar-refractivity contribution < 1.29 is 9.59 Å². The Morgan fingerprint density at radius 3 is 2.90 bits per heavy atom. The highest BCUT2D eigenvalue weighted by Gasteiger charge is 2.27. The molecule has 0 saturated carbocycles. The van der Waals surface area contributed by atoms with Gasteiger partial charge in [-0.05, 0) is 30.7 Å². The van der Waals surface area contributed by atoms with E-state index in [0.717, 1.165) is 35.3 Å². The van der Waals surface area contributed by atoms with Crippen molar-refractivity contribution in [1.29, 1.82) is 0 Å². The Morgan fingerprint density at radius 1 is 1.34 bits per heavy atom. The Kier molecular flexibility index (Phi) is 5.68. The zero-order valence-electron chi connectivity index (χ0n) is 15.9. The molecule has 9 heteroatoms. The third-order valence-corrected chi connectivity index (χ3v) is 6.87. The number of thiophene rings is 1. The molecule has 0 radical (unpaired) electrons. The lowest BCUT2D eigenvalue weighted by molar-refractivity contribution is -0.113. The second-order valence-electron chi connectivity index (χ2n) is 7.09. The molecule has 1 aromatic carbocycles. The smallest absolute Gasteiger partial charge is 0.251 e. The average Bonchev–Trinajstić information content (AvgIpc) is 3.31. The van der Waals surface area contributed by atoms with Crippen LogP contribution in [-0.2, 0) is 17.6 Å². The first-order chi connectivity index (χ1) is 14.0. The maximum atomic E-state index is 12.5. The van der Waals surface area contributed by atoms with Crippen LogP contribution in [-0.4, -0.2) is 32.7 Å². The number of hydrogen-bond donors (Lipinski definition) is 3. The van der Waals surface area contributed by atoms with E-state index in [-0.39, 0.29) is 11.7 Å². The van der Waals surface area contributed by atoms with Crippen LogP contribution in [0.4, 0.5) is 5.00 Å². The van der Waals surface area contributed by atoms with Crippen molar-refractivity contribution in [1.82, 2.24) is 15.2 Å². The number of benzene rings is 1. The van der Waals surface area contributed by atoms with Crippen molar-refractivity contribution in [2.24, 2.45) is 11.7 Å². The van der Waals surface area contributed by atoms with Gasteiger partial charge in [-0.2, -0.15) is 0 Å². The van der Waals surface area contributed by atoms with E-state index in [1.165, 1.54) is 23.1 Å². The molecule has 0 bridgehead atoms. The van der Waals surface area contributed by atoms with Crippen molar-refractivity contribution in [2.45, 2.75) is 31.3 Å². The van der Waals surface area contributed by atoms with Crippen molar-refractivity contribution in [2.75, 3.05) is 11.1 Å². The normalized spacial score (nSPS) is 15.7. The van der Waals surface area contributed by atoms with Crippen LogP contribution in [0.15, 0.2) is 35.5 Å². The van der Waals surface area contributed by atoms with E-state index in [1.54, 1.807) is 0 Å². The summed E-state index contributed by atoms with van der Waals surface area (Å²) in [5.41, 5.74) is 8.01. The molecule has 0 aliphatic heterocycles. The Balaban J connectivity index is 1.42. The molecule has 0 fully saturated rings. The molecule has 0 spiro atoms. The molecule has 0 unspecified atom stereocenters. The fraction of sp³-hybridized carbons (Fsp3) is 0.300. The second kappa shape index (κ2) is 8.38. The molecule has 4 rings (SSSR count). The topological polar surface area (TPSA) is 114 Å². The van der Waals surface area contributed by atoms with Crippen molar-refractivity contribution in [3.63, 3.8) is 0 Å². The highest BCUT2D eigenvalue weighted by atomic mass is 32.2. The van der Waals surface area contributed by atoms with E-state index in [2.05, 4.69) is 27.4 Å². The summed E-state index contributed by atoms with van der Waals surface area (Å²) in [4.78, 5) is 30.0. The summed E-state index contributed by atoms with van der Waals surface area (Å²) in [6.45, 7) is 2.20. The largest absolute Gasteiger partial charge is 0.365 e. The predicted octanol–water partition coefficient (Wildman–Crippen LogP) is 3.49. The number of aromatic nitrogens is 3. The van der Waals surface area contributed by atoms with Gasteiger partial charge in [0.1, 0.15) is 5.00 Å². The van der Waals surface area contributed by atoms with Crippen LogP contribution in [0.25, 0.3) is 11.4 Å². The number of aromatic amines is 1. The average molecular weight is 428 g/mol.